The van der Waals surface area contributed by atoms with Gasteiger partial charge in [-0.05, 0) is 63.2 Å². The summed E-state index contributed by atoms with van der Waals surface area (Å²) in [6.07, 6.45) is -1.76. The Morgan fingerprint density at radius 3 is 2.06 bits per heavy atom. The number of halogens is 3. The van der Waals surface area contributed by atoms with Gasteiger partial charge in [-0.25, -0.2) is 0 Å². The number of piperazine rings is 1. The van der Waals surface area contributed by atoms with E-state index in [0.29, 0.717) is 11.3 Å². The summed E-state index contributed by atoms with van der Waals surface area (Å²) < 4.78 is 38.1. The van der Waals surface area contributed by atoms with Crippen LogP contribution in [-0.4, -0.2) is 72.9 Å². The molecule has 0 bridgehead atoms. The Labute approximate surface area is 182 Å². The molecule has 3 heterocycles. The highest BCUT2D eigenvalue weighted by atomic mass is 19.4. The molecule has 31 heavy (non-hydrogen) atoms. The van der Waals surface area contributed by atoms with Gasteiger partial charge in [0.1, 0.15) is 0 Å². The number of hydrogen-bond acceptors (Lipinski definition) is 5. The zero-order chi connectivity index (χ0) is 21.1. The minimum atomic E-state index is -4.33. The van der Waals surface area contributed by atoms with E-state index >= 15 is 0 Å². The second kappa shape index (κ2) is 9.96. The molecule has 2 aliphatic heterocycles. The number of likely N-dealkylation sites (tertiary alicyclic amines) is 1. The topological polar surface area (TPSA) is 35.5 Å². The molecule has 170 valence electrons. The average Bonchev–Trinajstić information content (AvgIpc) is 2.76. The van der Waals surface area contributed by atoms with E-state index in [9.17, 15) is 13.2 Å². The van der Waals surface area contributed by atoms with Gasteiger partial charge in [0.05, 0.1) is 11.3 Å². The van der Waals surface area contributed by atoms with Crippen molar-refractivity contribution < 1.29 is 13.2 Å². The van der Waals surface area contributed by atoms with E-state index in [1.807, 2.05) is 12.1 Å². The van der Waals surface area contributed by atoms with Crippen molar-refractivity contribution in [2.45, 2.75) is 26.4 Å². The molecule has 0 spiro atoms. The molecule has 5 nitrogen and oxygen atoms in total. The lowest BCUT2D eigenvalue weighted by Crippen LogP contribution is -2.49. The Balaban J connectivity index is 0.00000272. The molecule has 0 unspecified atom stereocenters. The van der Waals surface area contributed by atoms with Crippen LogP contribution in [0, 0.1) is 5.92 Å². The normalized spacial score (nSPS) is 19.3. The fourth-order valence-corrected chi connectivity index (χ4v) is 4.25. The number of nitrogens with zero attached hydrogens (tertiary/aromatic N) is 5. The largest absolute Gasteiger partial charge is 0.416 e. The standard InChI is InChI=1S/C22H28F3N5.CH4/c1-28-10-8-17(9-11-28)16-29-12-14-30(15-13-29)21-7-6-20(26-27-21)18-2-4-19(5-3-18)22(23,24)25;/h2-7,17H,8-16H2,1H3;1H4. The van der Waals surface area contributed by atoms with Crippen LogP contribution in [0.15, 0.2) is 36.4 Å². The van der Waals surface area contributed by atoms with Crippen molar-refractivity contribution in [3.63, 3.8) is 0 Å². The molecule has 2 aliphatic rings. The fourth-order valence-electron chi connectivity index (χ4n) is 4.25. The second-order valence-electron chi connectivity index (χ2n) is 8.39. The van der Waals surface area contributed by atoms with Crippen LogP contribution in [-0.2, 0) is 6.18 Å². The summed E-state index contributed by atoms with van der Waals surface area (Å²) in [4.78, 5) is 7.19. The molecule has 0 amide bonds. The first-order valence-corrected chi connectivity index (χ1v) is 10.6. The van der Waals surface area contributed by atoms with Crippen LogP contribution in [0.1, 0.15) is 25.8 Å². The minimum Gasteiger partial charge on any atom is -0.353 e. The molecule has 4 rings (SSSR count). The molecule has 2 saturated heterocycles. The highest BCUT2D eigenvalue weighted by Crippen LogP contribution is 2.30. The average molecular weight is 436 g/mol. The zero-order valence-corrected chi connectivity index (χ0v) is 17.3. The summed E-state index contributed by atoms with van der Waals surface area (Å²) in [7, 11) is 2.19. The van der Waals surface area contributed by atoms with Gasteiger partial charge in [0.2, 0.25) is 0 Å². The van der Waals surface area contributed by atoms with E-state index in [4.69, 9.17) is 0 Å². The smallest absolute Gasteiger partial charge is 0.353 e. The first-order valence-electron chi connectivity index (χ1n) is 10.6. The maximum absolute atomic E-state index is 12.7. The number of piperidine rings is 1. The summed E-state index contributed by atoms with van der Waals surface area (Å²) in [5.41, 5.74) is 0.548. The first-order chi connectivity index (χ1) is 14.4. The molecule has 8 heteroatoms. The molecular weight excluding hydrogens is 403 g/mol. The summed E-state index contributed by atoms with van der Waals surface area (Å²) in [5, 5.41) is 8.57. The minimum absolute atomic E-state index is 0. The van der Waals surface area contributed by atoms with Crippen molar-refractivity contribution in [1.29, 1.82) is 0 Å². The SMILES string of the molecule is C.CN1CCC(CN2CCN(c3ccc(-c4ccc(C(F)(F)F)cc4)nn3)CC2)CC1. The number of benzene rings is 1. The lowest BCUT2D eigenvalue weighted by molar-refractivity contribution is -0.137. The van der Waals surface area contributed by atoms with Crippen molar-refractivity contribution >= 4 is 5.82 Å². The van der Waals surface area contributed by atoms with E-state index in [1.165, 1.54) is 44.6 Å². The van der Waals surface area contributed by atoms with Crippen molar-refractivity contribution in [2.75, 3.05) is 57.8 Å². The third-order valence-corrected chi connectivity index (χ3v) is 6.21. The highest BCUT2D eigenvalue weighted by molar-refractivity contribution is 5.60. The first kappa shape index (κ1) is 23.5. The summed E-state index contributed by atoms with van der Waals surface area (Å²) in [5.74, 6) is 1.63. The van der Waals surface area contributed by atoms with Crippen molar-refractivity contribution in [2.24, 2.45) is 5.92 Å². The van der Waals surface area contributed by atoms with Gasteiger partial charge in [-0.15, -0.1) is 10.2 Å². The van der Waals surface area contributed by atoms with Crippen LogP contribution in [0.5, 0.6) is 0 Å². The Bertz CT molecular complexity index is 807. The van der Waals surface area contributed by atoms with E-state index in [1.54, 1.807) is 0 Å². The van der Waals surface area contributed by atoms with Crippen LogP contribution in [0.3, 0.4) is 0 Å². The summed E-state index contributed by atoms with van der Waals surface area (Å²) in [6.45, 7) is 7.46. The monoisotopic (exact) mass is 435 g/mol. The predicted molar refractivity (Wildman–Crippen MR) is 118 cm³/mol. The van der Waals surface area contributed by atoms with E-state index in [0.717, 1.165) is 50.0 Å². The molecular formula is C23H32F3N5. The van der Waals surface area contributed by atoms with Crippen LogP contribution >= 0.6 is 0 Å². The highest BCUT2D eigenvalue weighted by Gasteiger charge is 2.30. The predicted octanol–water partition coefficient (Wildman–Crippen LogP) is 4.26. The van der Waals surface area contributed by atoms with Crippen molar-refractivity contribution in [3.05, 3.63) is 42.0 Å². The summed E-state index contributed by atoms with van der Waals surface area (Å²) in [6, 6.07) is 8.77. The maximum atomic E-state index is 12.7. The lowest BCUT2D eigenvalue weighted by atomic mass is 9.96. The van der Waals surface area contributed by atoms with Gasteiger partial charge >= 0.3 is 6.18 Å². The number of hydrogen-bond donors (Lipinski definition) is 0. The molecule has 1 aromatic heterocycles. The molecule has 2 aromatic rings. The lowest BCUT2D eigenvalue weighted by Gasteiger charge is -2.38. The van der Waals surface area contributed by atoms with Gasteiger partial charge in [-0.1, -0.05) is 19.6 Å². The fraction of sp³-hybridized carbons (Fsp3) is 0.565. The Kier molecular flexibility index (Phi) is 7.54. The molecule has 0 radical (unpaired) electrons. The Morgan fingerprint density at radius 2 is 1.52 bits per heavy atom. The number of anilines is 1. The second-order valence-corrected chi connectivity index (χ2v) is 8.39. The van der Waals surface area contributed by atoms with E-state index in [2.05, 4.69) is 31.9 Å². The molecule has 0 saturated carbocycles. The molecule has 2 fully saturated rings. The molecule has 0 N–H and O–H groups in total. The van der Waals surface area contributed by atoms with Gasteiger partial charge in [0.25, 0.3) is 0 Å². The van der Waals surface area contributed by atoms with E-state index in [-0.39, 0.29) is 7.43 Å². The molecule has 1 aromatic carbocycles. The Morgan fingerprint density at radius 1 is 0.871 bits per heavy atom. The maximum Gasteiger partial charge on any atom is 0.416 e. The third-order valence-electron chi connectivity index (χ3n) is 6.21. The number of alkyl halides is 3. The zero-order valence-electron chi connectivity index (χ0n) is 17.3. The van der Waals surface area contributed by atoms with Crippen molar-refractivity contribution in [3.8, 4) is 11.3 Å². The third kappa shape index (κ3) is 5.95. The summed E-state index contributed by atoms with van der Waals surface area (Å²) >= 11 is 0. The van der Waals surface area contributed by atoms with Crippen LogP contribution in [0.4, 0.5) is 19.0 Å². The molecule has 0 aliphatic carbocycles. The van der Waals surface area contributed by atoms with Gasteiger partial charge in [-0.3, -0.25) is 4.90 Å². The quantitative estimate of drug-likeness (QED) is 0.717. The van der Waals surface area contributed by atoms with Crippen LogP contribution < -0.4 is 4.90 Å². The van der Waals surface area contributed by atoms with Gasteiger partial charge < -0.3 is 9.80 Å². The van der Waals surface area contributed by atoms with Crippen LogP contribution in [0.2, 0.25) is 0 Å². The molecule has 0 atom stereocenters. The van der Waals surface area contributed by atoms with E-state index < -0.39 is 11.7 Å². The Hall–Kier alpha value is -2.19. The van der Waals surface area contributed by atoms with Crippen LogP contribution in [0.25, 0.3) is 11.3 Å². The van der Waals surface area contributed by atoms with Gasteiger partial charge in [0, 0.05) is 38.3 Å². The van der Waals surface area contributed by atoms with Gasteiger partial charge in [0.15, 0.2) is 5.82 Å². The van der Waals surface area contributed by atoms with Gasteiger partial charge in [-0.2, -0.15) is 13.2 Å². The number of aromatic nitrogens is 2. The van der Waals surface area contributed by atoms with Crippen molar-refractivity contribution in [1.82, 2.24) is 20.0 Å². The number of rotatable bonds is 4.